The lowest BCUT2D eigenvalue weighted by molar-refractivity contribution is 0.236. The first-order valence-corrected chi connectivity index (χ1v) is 7.03. The van der Waals surface area contributed by atoms with E-state index in [1.165, 1.54) is 12.0 Å². The Kier molecular flexibility index (Phi) is 6.44. The average molecular weight is 252 g/mol. The molecule has 0 bridgehead atoms. The van der Waals surface area contributed by atoms with E-state index in [-0.39, 0.29) is 5.41 Å². The third kappa shape index (κ3) is 5.69. The van der Waals surface area contributed by atoms with Crippen molar-refractivity contribution in [3.05, 3.63) is 24.0 Å². The van der Waals surface area contributed by atoms with Crippen molar-refractivity contribution in [3.8, 4) is 0 Å². The fourth-order valence-electron chi connectivity index (χ4n) is 2.18. The summed E-state index contributed by atoms with van der Waals surface area (Å²) in [5, 5.41) is 12.4. The molecule has 1 aromatic heterocycles. The van der Waals surface area contributed by atoms with E-state index in [2.05, 4.69) is 49.1 Å². The summed E-state index contributed by atoms with van der Waals surface area (Å²) >= 11 is 0. The molecule has 0 saturated heterocycles. The van der Waals surface area contributed by atoms with E-state index in [0.717, 1.165) is 32.5 Å². The minimum Gasteiger partial charge on any atom is -0.396 e. The highest BCUT2D eigenvalue weighted by molar-refractivity contribution is 5.09. The Labute approximate surface area is 111 Å². The van der Waals surface area contributed by atoms with Crippen LogP contribution in [0.25, 0.3) is 0 Å². The van der Waals surface area contributed by atoms with Gasteiger partial charge in [-0.1, -0.05) is 20.8 Å². The minimum absolute atomic E-state index is 0.259. The van der Waals surface area contributed by atoms with Crippen LogP contribution in [-0.2, 0) is 13.1 Å². The van der Waals surface area contributed by atoms with E-state index in [1.807, 2.05) is 0 Å². The number of aliphatic hydroxyl groups is 1. The number of aromatic nitrogens is 1. The second kappa shape index (κ2) is 7.59. The first-order chi connectivity index (χ1) is 8.57. The van der Waals surface area contributed by atoms with Crippen molar-refractivity contribution < 1.29 is 5.11 Å². The lowest BCUT2D eigenvalue weighted by Crippen LogP contribution is -2.29. The van der Waals surface area contributed by atoms with Crippen LogP contribution in [0.4, 0.5) is 0 Å². The number of rotatable bonds is 9. The Hall–Kier alpha value is -0.800. The van der Waals surface area contributed by atoms with E-state index in [9.17, 15) is 0 Å². The zero-order valence-corrected chi connectivity index (χ0v) is 12.1. The Bertz CT molecular complexity index is 331. The molecule has 1 heterocycles. The number of nitrogens with zero attached hydrogens (tertiary/aromatic N) is 1. The van der Waals surface area contributed by atoms with E-state index in [1.54, 1.807) is 0 Å². The lowest BCUT2D eigenvalue weighted by atomic mass is 9.88. The Morgan fingerprint density at radius 3 is 2.83 bits per heavy atom. The maximum absolute atomic E-state index is 8.86. The first kappa shape index (κ1) is 15.3. The molecule has 0 atom stereocenters. The standard InChI is InChI=1S/C15H28N2O/c1-4-8-17-9-6-14(12-17)11-16-13-15(2,3)7-5-10-18/h6,9,12,16,18H,4-5,7-8,10-11,13H2,1-3H3. The van der Waals surface area contributed by atoms with Gasteiger partial charge in [-0.3, -0.25) is 0 Å². The van der Waals surface area contributed by atoms with Crippen LogP contribution in [0.1, 0.15) is 45.6 Å². The van der Waals surface area contributed by atoms with Crippen LogP contribution in [-0.4, -0.2) is 22.8 Å². The van der Waals surface area contributed by atoms with E-state index >= 15 is 0 Å². The topological polar surface area (TPSA) is 37.2 Å². The van der Waals surface area contributed by atoms with Gasteiger partial charge in [-0.25, -0.2) is 0 Å². The van der Waals surface area contributed by atoms with Gasteiger partial charge in [0, 0.05) is 38.6 Å². The molecule has 0 aromatic carbocycles. The molecule has 0 saturated carbocycles. The number of aliphatic hydroxyl groups excluding tert-OH is 1. The molecule has 0 aliphatic rings. The molecule has 0 spiro atoms. The fourth-order valence-corrected chi connectivity index (χ4v) is 2.18. The number of aryl methyl sites for hydroxylation is 1. The summed E-state index contributed by atoms with van der Waals surface area (Å²) in [4.78, 5) is 0. The molecule has 1 rings (SSSR count). The maximum atomic E-state index is 8.86. The van der Waals surface area contributed by atoms with Gasteiger partial charge in [0.05, 0.1) is 0 Å². The third-order valence-electron chi connectivity index (χ3n) is 3.24. The predicted molar refractivity (Wildman–Crippen MR) is 76.5 cm³/mol. The van der Waals surface area contributed by atoms with Gasteiger partial charge >= 0.3 is 0 Å². The lowest BCUT2D eigenvalue weighted by Gasteiger charge is -2.24. The highest BCUT2D eigenvalue weighted by atomic mass is 16.2. The summed E-state index contributed by atoms with van der Waals surface area (Å²) < 4.78 is 2.24. The molecule has 3 nitrogen and oxygen atoms in total. The summed E-state index contributed by atoms with van der Waals surface area (Å²) in [7, 11) is 0. The molecular weight excluding hydrogens is 224 g/mol. The summed E-state index contributed by atoms with van der Waals surface area (Å²) in [6.45, 7) is 10.0. The molecule has 18 heavy (non-hydrogen) atoms. The molecule has 2 N–H and O–H groups in total. The van der Waals surface area contributed by atoms with Crippen molar-refractivity contribution in [3.63, 3.8) is 0 Å². The molecule has 104 valence electrons. The van der Waals surface area contributed by atoms with E-state index in [4.69, 9.17) is 5.11 Å². The Morgan fingerprint density at radius 2 is 2.17 bits per heavy atom. The molecule has 0 amide bonds. The molecular formula is C15H28N2O. The quantitative estimate of drug-likeness (QED) is 0.709. The van der Waals surface area contributed by atoms with Crippen molar-refractivity contribution in [1.82, 2.24) is 9.88 Å². The van der Waals surface area contributed by atoms with Gasteiger partial charge in [0.25, 0.3) is 0 Å². The Balaban J connectivity index is 2.27. The zero-order valence-electron chi connectivity index (χ0n) is 12.1. The Morgan fingerprint density at radius 1 is 1.39 bits per heavy atom. The predicted octanol–water partition coefficient (Wildman–Crippen LogP) is 2.79. The highest BCUT2D eigenvalue weighted by Crippen LogP contribution is 2.20. The van der Waals surface area contributed by atoms with Gasteiger partial charge in [-0.15, -0.1) is 0 Å². The molecule has 0 unspecified atom stereocenters. The van der Waals surface area contributed by atoms with Crippen molar-refractivity contribution >= 4 is 0 Å². The van der Waals surface area contributed by atoms with Crippen molar-refractivity contribution in [2.24, 2.45) is 5.41 Å². The van der Waals surface area contributed by atoms with Crippen molar-refractivity contribution in [1.29, 1.82) is 0 Å². The third-order valence-corrected chi connectivity index (χ3v) is 3.24. The molecule has 0 aliphatic carbocycles. The normalized spacial score (nSPS) is 12.0. The number of nitrogens with one attached hydrogen (secondary N) is 1. The van der Waals surface area contributed by atoms with E-state index < -0.39 is 0 Å². The highest BCUT2D eigenvalue weighted by Gasteiger charge is 2.16. The summed E-state index contributed by atoms with van der Waals surface area (Å²) in [6, 6.07) is 2.18. The first-order valence-electron chi connectivity index (χ1n) is 7.03. The second-order valence-electron chi connectivity index (χ2n) is 5.85. The van der Waals surface area contributed by atoms with Crippen LogP contribution in [0, 0.1) is 5.41 Å². The SMILES string of the molecule is CCCn1ccc(CNCC(C)(C)CCCO)c1. The average Bonchev–Trinajstić information content (AvgIpc) is 2.75. The van der Waals surface area contributed by atoms with Crippen molar-refractivity contribution in [2.75, 3.05) is 13.2 Å². The molecule has 0 fully saturated rings. The monoisotopic (exact) mass is 252 g/mol. The molecule has 3 heteroatoms. The molecule has 0 aliphatic heterocycles. The minimum atomic E-state index is 0.259. The van der Waals surface area contributed by atoms with Crippen LogP contribution in [0.2, 0.25) is 0 Å². The molecule has 0 radical (unpaired) electrons. The summed E-state index contributed by atoms with van der Waals surface area (Å²) in [5.41, 5.74) is 1.61. The van der Waals surface area contributed by atoms with Gasteiger partial charge in [-0.2, -0.15) is 0 Å². The van der Waals surface area contributed by atoms with Gasteiger partial charge in [0.15, 0.2) is 0 Å². The smallest absolute Gasteiger partial charge is 0.0431 e. The van der Waals surface area contributed by atoms with Gasteiger partial charge in [-0.05, 0) is 36.3 Å². The zero-order chi connectivity index (χ0) is 13.4. The largest absolute Gasteiger partial charge is 0.396 e. The van der Waals surface area contributed by atoms with Crippen LogP contribution in [0.15, 0.2) is 18.5 Å². The van der Waals surface area contributed by atoms with Gasteiger partial charge in [0.2, 0.25) is 0 Å². The van der Waals surface area contributed by atoms with Crippen LogP contribution in [0.3, 0.4) is 0 Å². The fraction of sp³-hybridized carbons (Fsp3) is 0.733. The maximum Gasteiger partial charge on any atom is 0.0431 e. The summed E-state index contributed by atoms with van der Waals surface area (Å²) in [6.07, 6.45) is 7.50. The van der Waals surface area contributed by atoms with Gasteiger partial charge < -0.3 is 15.0 Å². The van der Waals surface area contributed by atoms with E-state index in [0.29, 0.717) is 6.61 Å². The van der Waals surface area contributed by atoms with Gasteiger partial charge in [0.1, 0.15) is 0 Å². The second-order valence-corrected chi connectivity index (χ2v) is 5.85. The van der Waals surface area contributed by atoms with Crippen molar-refractivity contribution in [2.45, 2.75) is 53.1 Å². The summed E-state index contributed by atoms with van der Waals surface area (Å²) in [5.74, 6) is 0. The van der Waals surface area contributed by atoms with Crippen LogP contribution in [0.5, 0.6) is 0 Å². The number of hydrogen-bond acceptors (Lipinski definition) is 2. The van der Waals surface area contributed by atoms with Crippen LogP contribution >= 0.6 is 0 Å². The molecule has 1 aromatic rings. The number of hydrogen-bond donors (Lipinski definition) is 2. The van der Waals surface area contributed by atoms with Crippen LogP contribution < -0.4 is 5.32 Å².